The van der Waals surface area contributed by atoms with Crippen molar-refractivity contribution in [2.75, 3.05) is 38.7 Å². The summed E-state index contributed by atoms with van der Waals surface area (Å²) in [5, 5.41) is 2.81. The highest BCUT2D eigenvalue weighted by molar-refractivity contribution is 7.98. The van der Waals surface area contributed by atoms with Crippen molar-refractivity contribution in [3.8, 4) is 0 Å². The van der Waals surface area contributed by atoms with Gasteiger partial charge in [0.25, 0.3) is 5.91 Å². The van der Waals surface area contributed by atoms with Crippen LogP contribution in [0.15, 0.2) is 30.3 Å². The lowest BCUT2D eigenvalue weighted by Gasteiger charge is -2.27. The van der Waals surface area contributed by atoms with Crippen LogP contribution < -0.4 is 5.32 Å². The minimum Gasteiger partial charge on any atom is -0.342 e. The number of thioether (sulfide) groups is 1. The lowest BCUT2D eigenvalue weighted by Crippen LogP contribution is -2.50. The van der Waals surface area contributed by atoms with E-state index in [0.717, 1.165) is 5.75 Å². The van der Waals surface area contributed by atoms with Gasteiger partial charge in [0.2, 0.25) is 11.8 Å². The second-order valence-corrected chi connectivity index (χ2v) is 6.92. The summed E-state index contributed by atoms with van der Waals surface area (Å²) in [4.78, 5) is 40.5. The summed E-state index contributed by atoms with van der Waals surface area (Å²) in [6.45, 7) is 5.04. The van der Waals surface area contributed by atoms with Crippen molar-refractivity contribution in [2.24, 2.45) is 0 Å². The van der Waals surface area contributed by atoms with E-state index >= 15 is 0 Å². The van der Waals surface area contributed by atoms with Crippen LogP contribution in [0.5, 0.6) is 0 Å². The van der Waals surface area contributed by atoms with E-state index in [1.165, 1.54) is 4.90 Å². The van der Waals surface area contributed by atoms with E-state index in [1.807, 2.05) is 26.2 Å². The van der Waals surface area contributed by atoms with Crippen molar-refractivity contribution >= 4 is 29.5 Å². The molecule has 0 saturated heterocycles. The first kappa shape index (κ1) is 22.0. The summed E-state index contributed by atoms with van der Waals surface area (Å²) in [5.41, 5.74) is 0.510. The van der Waals surface area contributed by atoms with Crippen LogP contribution in [0.3, 0.4) is 0 Å². The maximum absolute atomic E-state index is 12.8. The molecule has 1 N–H and O–H groups in total. The number of rotatable bonds is 10. The molecule has 3 amide bonds. The van der Waals surface area contributed by atoms with Crippen molar-refractivity contribution in [3.05, 3.63) is 35.9 Å². The summed E-state index contributed by atoms with van der Waals surface area (Å²) in [5.74, 6) is 0.116. The fourth-order valence-corrected chi connectivity index (χ4v) is 3.02. The molecule has 0 aromatic heterocycles. The first-order valence-corrected chi connectivity index (χ1v) is 10.2. The number of benzene rings is 1. The van der Waals surface area contributed by atoms with Gasteiger partial charge in [-0.1, -0.05) is 18.2 Å². The van der Waals surface area contributed by atoms with Crippen LogP contribution >= 0.6 is 11.8 Å². The summed E-state index contributed by atoms with van der Waals surface area (Å²) in [7, 11) is 1.60. The molecule has 1 atom stereocenters. The smallest absolute Gasteiger partial charge is 0.251 e. The first-order valence-electron chi connectivity index (χ1n) is 8.82. The van der Waals surface area contributed by atoms with Crippen molar-refractivity contribution < 1.29 is 14.4 Å². The third kappa shape index (κ3) is 6.71. The summed E-state index contributed by atoms with van der Waals surface area (Å²) in [6, 6.07) is 8.16. The average Bonchev–Trinajstić information content (AvgIpc) is 2.65. The van der Waals surface area contributed by atoms with E-state index in [0.29, 0.717) is 25.1 Å². The number of likely N-dealkylation sites (N-methyl/N-ethyl adjacent to an activating group) is 2. The van der Waals surface area contributed by atoms with E-state index < -0.39 is 6.04 Å². The van der Waals surface area contributed by atoms with Crippen molar-refractivity contribution in [1.29, 1.82) is 0 Å². The highest BCUT2D eigenvalue weighted by Crippen LogP contribution is 2.07. The summed E-state index contributed by atoms with van der Waals surface area (Å²) < 4.78 is 0. The largest absolute Gasteiger partial charge is 0.342 e. The topological polar surface area (TPSA) is 69.7 Å². The SMILES string of the molecule is CCN(CC)C(=O)CN(C)C(=O)C(CCSC)NC(=O)c1ccccc1. The lowest BCUT2D eigenvalue weighted by molar-refractivity contribution is -0.140. The molecule has 0 radical (unpaired) electrons. The Morgan fingerprint density at radius 1 is 1.12 bits per heavy atom. The third-order valence-electron chi connectivity index (χ3n) is 4.11. The lowest BCUT2D eigenvalue weighted by atomic mass is 10.1. The number of carbonyl (C=O) groups is 3. The van der Waals surface area contributed by atoms with Gasteiger partial charge in [0.15, 0.2) is 0 Å². The van der Waals surface area contributed by atoms with E-state index in [-0.39, 0.29) is 24.3 Å². The molecule has 0 aliphatic carbocycles. The van der Waals surface area contributed by atoms with Crippen LogP contribution in [0.4, 0.5) is 0 Å². The standard InChI is InChI=1S/C19H29N3O3S/c1-5-22(6-2)17(23)14-21(3)19(25)16(12-13-26-4)20-18(24)15-10-8-7-9-11-15/h7-11,16H,5-6,12-14H2,1-4H3,(H,20,24). The number of hydrogen-bond acceptors (Lipinski definition) is 4. The number of amides is 3. The van der Waals surface area contributed by atoms with Gasteiger partial charge in [0.05, 0.1) is 6.54 Å². The van der Waals surface area contributed by atoms with Crippen LogP contribution in [0.25, 0.3) is 0 Å². The monoisotopic (exact) mass is 379 g/mol. The molecule has 0 fully saturated rings. The Morgan fingerprint density at radius 3 is 2.27 bits per heavy atom. The number of hydrogen-bond donors (Lipinski definition) is 1. The van der Waals surface area contributed by atoms with Gasteiger partial charge < -0.3 is 15.1 Å². The number of carbonyl (C=O) groups excluding carboxylic acids is 3. The predicted molar refractivity (Wildman–Crippen MR) is 106 cm³/mol. The molecule has 0 aliphatic heterocycles. The van der Waals surface area contributed by atoms with Crippen molar-refractivity contribution in [1.82, 2.24) is 15.1 Å². The van der Waals surface area contributed by atoms with E-state index in [9.17, 15) is 14.4 Å². The van der Waals surface area contributed by atoms with Crippen molar-refractivity contribution in [3.63, 3.8) is 0 Å². The fraction of sp³-hybridized carbons (Fsp3) is 0.526. The van der Waals surface area contributed by atoms with Gasteiger partial charge in [-0.25, -0.2) is 0 Å². The van der Waals surface area contributed by atoms with Gasteiger partial charge in [-0.05, 0) is 44.4 Å². The number of nitrogens with zero attached hydrogens (tertiary/aromatic N) is 2. The minimum atomic E-state index is -0.648. The normalized spacial score (nSPS) is 11.5. The molecule has 0 aliphatic rings. The molecule has 6 nitrogen and oxygen atoms in total. The molecule has 1 aromatic carbocycles. The molecule has 0 bridgehead atoms. The second-order valence-electron chi connectivity index (χ2n) is 5.93. The van der Waals surface area contributed by atoms with Gasteiger partial charge in [-0.15, -0.1) is 0 Å². The average molecular weight is 380 g/mol. The van der Waals surface area contributed by atoms with Gasteiger partial charge in [-0.2, -0.15) is 11.8 Å². The zero-order valence-corrected chi connectivity index (χ0v) is 16.8. The zero-order valence-electron chi connectivity index (χ0n) is 16.0. The molecule has 0 saturated carbocycles. The van der Waals surface area contributed by atoms with Gasteiger partial charge in [-0.3, -0.25) is 14.4 Å². The van der Waals surface area contributed by atoms with E-state index in [1.54, 1.807) is 48.0 Å². The van der Waals surface area contributed by atoms with E-state index in [2.05, 4.69) is 5.32 Å². The Bertz CT molecular complexity index is 591. The molecule has 1 rings (SSSR count). The molecule has 1 aromatic rings. The summed E-state index contributed by atoms with van der Waals surface area (Å²) in [6.07, 6.45) is 2.47. The van der Waals surface area contributed by atoms with Gasteiger partial charge in [0.1, 0.15) is 6.04 Å². The van der Waals surface area contributed by atoms with E-state index in [4.69, 9.17) is 0 Å². The molecule has 1 unspecified atom stereocenters. The fourth-order valence-electron chi connectivity index (χ4n) is 2.55. The molecular formula is C19H29N3O3S. The highest BCUT2D eigenvalue weighted by atomic mass is 32.2. The van der Waals surface area contributed by atoms with Crippen LogP contribution in [0.2, 0.25) is 0 Å². The molecular weight excluding hydrogens is 350 g/mol. The molecule has 7 heteroatoms. The molecule has 0 heterocycles. The first-order chi connectivity index (χ1) is 12.4. The van der Waals surface area contributed by atoms with Gasteiger partial charge in [0, 0.05) is 25.7 Å². The second kappa shape index (κ2) is 11.6. The highest BCUT2D eigenvalue weighted by Gasteiger charge is 2.26. The predicted octanol–water partition coefficient (Wildman–Crippen LogP) is 1.86. The number of nitrogens with one attached hydrogen (secondary N) is 1. The maximum Gasteiger partial charge on any atom is 0.251 e. The van der Waals surface area contributed by atoms with Crippen LogP contribution in [-0.4, -0.2) is 72.3 Å². The molecule has 26 heavy (non-hydrogen) atoms. The molecule has 0 spiro atoms. The third-order valence-corrected chi connectivity index (χ3v) is 4.76. The Labute approximate surface area is 160 Å². The summed E-state index contributed by atoms with van der Waals surface area (Å²) >= 11 is 1.61. The van der Waals surface area contributed by atoms with Crippen LogP contribution in [-0.2, 0) is 9.59 Å². The van der Waals surface area contributed by atoms with Crippen molar-refractivity contribution in [2.45, 2.75) is 26.3 Å². The van der Waals surface area contributed by atoms with Crippen LogP contribution in [0.1, 0.15) is 30.6 Å². The molecule has 144 valence electrons. The Balaban J connectivity index is 2.78. The minimum absolute atomic E-state index is 0.0114. The quantitative estimate of drug-likeness (QED) is 0.674. The van der Waals surface area contributed by atoms with Gasteiger partial charge >= 0.3 is 0 Å². The Hall–Kier alpha value is -2.02. The zero-order chi connectivity index (χ0) is 19.5. The Morgan fingerprint density at radius 2 is 1.73 bits per heavy atom. The maximum atomic E-state index is 12.8. The Kier molecular flexibility index (Phi) is 9.80. The van der Waals surface area contributed by atoms with Crippen LogP contribution in [0, 0.1) is 0 Å².